The molecule has 0 aliphatic rings. The van der Waals surface area contributed by atoms with E-state index in [1.54, 1.807) is 30.7 Å². The molecule has 0 unspecified atom stereocenters. The van der Waals surface area contributed by atoms with E-state index in [1.165, 1.54) is 12.1 Å². The summed E-state index contributed by atoms with van der Waals surface area (Å²) in [6, 6.07) is 13.9. The Hall–Kier alpha value is -3.94. The van der Waals surface area contributed by atoms with Crippen molar-refractivity contribution < 1.29 is 9.90 Å². The molecule has 8 heteroatoms. The Kier molecular flexibility index (Phi) is 3.91. The minimum atomic E-state index is -0.965. The normalized spacial score (nSPS) is 10.6. The van der Waals surface area contributed by atoms with Gasteiger partial charge in [-0.3, -0.25) is 0 Å². The number of aromatic amines is 1. The van der Waals surface area contributed by atoms with Crippen LogP contribution in [0.5, 0.6) is 0 Å². The van der Waals surface area contributed by atoms with E-state index in [0.29, 0.717) is 17.5 Å². The number of carbonyl (C=O) groups is 1. The zero-order valence-electron chi connectivity index (χ0n) is 13.5. The molecule has 8 nitrogen and oxygen atoms in total. The molecule has 0 aliphatic heterocycles. The van der Waals surface area contributed by atoms with E-state index in [-0.39, 0.29) is 5.56 Å². The van der Waals surface area contributed by atoms with Crippen molar-refractivity contribution in [2.45, 2.75) is 0 Å². The summed E-state index contributed by atoms with van der Waals surface area (Å²) in [5.74, 6) is 0.0671. The average Bonchev–Trinajstić information content (AvgIpc) is 3.10. The molecule has 0 fully saturated rings. The Labute approximate surface area is 148 Å². The zero-order valence-corrected chi connectivity index (χ0v) is 13.5. The van der Waals surface area contributed by atoms with Crippen molar-refractivity contribution in [2.75, 3.05) is 10.6 Å². The molecule has 2 heterocycles. The lowest BCUT2D eigenvalue weighted by molar-refractivity contribution is 0.0697. The number of imidazole rings is 1. The molecule has 4 rings (SSSR count). The number of H-pyrrole nitrogens is 1. The number of benzene rings is 2. The molecule has 2 aromatic heterocycles. The standard InChI is InChI=1S/C18H14N6O2/c25-17(26)11-1-3-12(4-2-11)23-18-19-8-7-16(24-18)22-13-5-6-14-15(9-13)21-10-20-14/h1-10H,(H,20,21)(H,25,26)(H2,19,22,23,24). The van der Waals surface area contributed by atoms with Gasteiger partial charge in [-0.2, -0.15) is 4.98 Å². The van der Waals surface area contributed by atoms with Crippen LogP contribution in [0.15, 0.2) is 61.1 Å². The first-order valence-electron chi connectivity index (χ1n) is 7.81. The highest BCUT2D eigenvalue weighted by atomic mass is 16.4. The summed E-state index contributed by atoms with van der Waals surface area (Å²) >= 11 is 0. The minimum absolute atomic E-state index is 0.223. The molecule has 4 N–H and O–H groups in total. The SMILES string of the molecule is O=C(O)c1ccc(Nc2nccc(Nc3ccc4nc[nH]c4c3)n2)cc1. The number of hydrogen-bond acceptors (Lipinski definition) is 6. The highest BCUT2D eigenvalue weighted by Gasteiger charge is 2.05. The van der Waals surface area contributed by atoms with Gasteiger partial charge in [0.05, 0.1) is 22.9 Å². The Morgan fingerprint density at radius 3 is 2.58 bits per heavy atom. The molecule has 0 atom stereocenters. The molecule has 26 heavy (non-hydrogen) atoms. The van der Waals surface area contributed by atoms with E-state index in [4.69, 9.17) is 5.11 Å². The number of nitrogens with zero attached hydrogens (tertiary/aromatic N) is 3. The van der Waals surface area contributed by atoms with Gasteiger partial charge in [0.15, 0.2) is 0 Å². The number of carboxylic acid groups (broad SMARTS) is 1. The average molecular weight is 346 g/mol. The van der Waals surface area contributed by atoms with Crippen LogP contribution in [0.4, 0.5) is 23.1 Å². The summed E-state index contributed by atoms with van der Waals surface area (Å²) in [7, 11) is 0. The second-order valence-electron chi connectivity index (χ2n) is 5.53. The summed E-state index contributed by atoms with van der Waals surface area (Å²) < 4.78 is 0. The monoisotopic (exact) mass is 346 g/mol. The zero-order chi connectivity index (χ0) is 17.9. The van der Waals surface area contributed by atoms with Gasteiger partial charge in [0.2, 0.25) is 5.95 Å². The number of nitrogens with one attached hydrogen (secondary N) is 3. The Bertz CT molecular complexity index is 1070. The summed E-state index contributed by atoms with van der Waals surface area (Å²) in [6.45, 7) is 0. The summed E-state index contributed by atoms with van der Waals surface area (Å²) in [4.78, 5) is 26.7. The molecular weight excluding hydrogens is 332 g/mol. The number of anilines is 4. The number of hydrogen-bond donors (Lipinski definition) is 4. The first-order chi connectivity index (χ1) is 12.7. The minimum Gasteiger partial charge on any atom is -0.478 e. The number of fused-ring (bicyclic) bond motifs is 1. The van der Waals surface area contributed by atoms with Gasteiger partial charge in [0, 0.05) is 17.6 Å². The molecule has 0 aliphatic carbocycles. The number of rotatable bonds is 5. The molecule has 128 valence electrons. The van der Waals surface area contributed by atoms with Crippen molar-refractivity contribution in [1.29, 1.82) is 0 Å². The lowest BCUT2D eigenvalue weighted by Gasteiger charge is -2.08. The van der Waals surface area contributed by atoms with Gasteiger partial charge in [-0.1, -0.05) is 0 Å². The molecule has 0 bridgehead atoms. The van der Waals surface area contributed by atoms with Crippen molar-refractivity contribution in [3.05, 3.63) is 66.6 Å². The fraction of sp³-hybridized carbons (Fsp3) is 0. The summed E-state index contributed by atoms with van der Waals surface area (Å²) in [6.07, 6.45) is 3.29. The van der Waals surface area contributed by atoms with Crippen LogP contribution in [-0.4, -0.2) is 31.0 Å². The first kappa shape index (κ1) is 15.6. The Balaban J connectivity index is 1.51. The predicted molar refractivity (Wildman–Crippen MR) is 98.1 cm³/mol. The van der Waals surface area contributed by atoms with Gasteiger partial charge in [0.1, 0.15) is 5.82 Å². The number of aromatic carboxylic acids is 1. The molecule has 4 aromatic rings. The van der Waals surface area contributed by atoms with E-state index in [1.807, 2.05) is 18.2 Å². The third-order valence-electron chi connectivity index (χ3n) is 3.74. The summed E-state index contributed by atoms with van der Waals surface area (Å²) in [5.41, 5.74) is 3.62. The Morgan fingerprint density at radius 1 is 0.962 bits per heavy atom. The molecule has 0 saturated carbocycles. The molecule has 0 radical (unpaired) electrons. The quantitative estimate of drug-likeness (QED) is 0.437. The van der Waals surface area contributed by atoms with Gasteiger partial charge < -0.3 is 20.7 Å². The van der Waals surface area contributed by atoms with E-state index in [9.17, 15) is 4.79 Å². The maximum atomic E-state index is 10.9. The van der Waals surface area contributed by atoms with Crippen LogP contribution in [-0.2, 0) is 0 Å². The summed E-state index contributed by atoms with van der Waals surface area (Å²) in [5, 5.41) is 15.2. The lowest BCUT2D eigenvalue weighted by atomic mass is 10.2. The van der Waals surface area contributed by atoms with Crippen LogP contribution in [0.1, 0.15) is 10.4 Å². The van der Waals surface area contributed by atoms with Gasteiger partial charge >= 0.3 is 5.97 Å². The molecular formula is C18H14N6O2. The van der Waals surface area contributed by atoms with E-state index in [2.05, 4.69) is 30.6 Å². The van der Waals surface area contributed by atoms with E-state index in [0.717, 1.165) is 16.7 Å². The second kappa shape index (κ2) is 6.52. The number of aromatic nitrogens is 4. The number of carboxylic acids is 1. The highest BCUT2D eigenvalue weighted by Crippen LogP contribution is 2.20. The van der Waals surface area contributed by atoms with Gasteiger partial charge in [-0.05, 0) is 48.5 Å². The van der Waals surface area contributed by atoms with Crippen molar-refractivity contribution in [2.24, 2.45) is 0 Å². The van der Waals surface area contributed by atoms with Crippen molar-refractivity contribution >= 4 is 40.1 Å². The lowest BCUT2D eigenvalue weighted by Crippen LogP contribution is -2.01. The topological polar surface area (TPSA) is 116 Å². The van der Waals surface area contributed by atoms with Crippen LogP contribution in [0.2, 0.25) is 0 Å². The van der Waals surface area contributed by atoms with Gasteiger partial charge in [-0.25, -0.2) is 14.8 Å². The Morgan fingerprint density at radius 2 is 1.77 bits per heavy atom. The molecule has 2 aromatic carbocycles. The van der Waals surface area contributed by atoms with E-state index < -0.39 is 5.97 Å². The van der Waals surface area contributed by atoms with Crippen molar-refractivity contribution in [1.82, 2.24) is 19.9 Å². The fourth-order valence-corrected chi connectivity index (χ4v) is 2.48. The maximum Gasteiger partial charge on any atom is 0.335 e. The van der Waals surface area contributed by atoms with Crippen LogP contribution >= 0.6 is 0 Å². The predicted octanol–water partition coefficient (Wildman–Crippen LogP) is 3.54. The first-order valence-corrected chi connectivity index (χ1v) is 7.81. The van der Waals surface area contributed by atoms with E-state index >= 15 is 0 Å². The fourth-order valence-electron chi connectivity index (χ4n) is 2.48. The third kappa shape index (κ3) is 3.29. The smallest absolute Gasteiger partial charge is 0.335 e. The van der Waals surface area contributed by atoms with Crippen LogP contribution in [0.25, 0.3) is 11.0 Å². The molecule has 0 spiro atoms. The molecule has 0 amide bonds. The third-order valence-corrected chi connectivity index (χ3v) is 3.74. The maximum absolute atomic E-state index is 10.9. The van der Waals surface area contributed by atoms with Crippen LogP contribution in [0.3, 0.4) is 0 Å². The molecule has 0 saturated heterocycles. The van der Waals surface area contributed by atoms with Crippen molar-refractivity contribution in [3.63, 3.8) is 0 Å². The largest absolute Gasteiger partial charge is 0.478 e. The highest BCUT2D eigenvalue weighted by molar-refractivity contribution is 5.88. The second-order valence-corrected chi connectivity index (χ2v) is 5.53. The van der Waals surface area contributed by atoms with Crippen LogP contribution in [0, 0.1) is 0 Å². The van der Waals surface area contributed by atoms with Crippen LogP contribution < -0.4 is 10.6 Å². The van der Waals surface area contributed by atoms with Gasteiger partial charge in [-0.15, -0.1) is 0 Å². The van der Waals surface area contributed by atoms with Crippen molar-refractivity contribution in [3.8, 4) is 0 Å². The van der Waals surface area contributed by atoms with Gasteiger partial charge in [0.25, 0.3) is 0 Å².